The molecule has 1 aromatic heterocycles. The molecule has 29 heavy (non-hydrogen) atoms. The molecule has 3 nitrogen and oxygen atoms in total. The van der Waals surface area contributed by atoms with Gasteiger partial charge < -0.3 is 0 Å². The van der Waals surface area contributed by atoms with Crippen LogP contribution >= 0.6 is 15.9 Å². The Kier molecular flexibility index (Phi) is 6.20. The SMILES string of the molecule is O=C(Nc1ccccc1-c1cc(Br)ccc1[Se]c1ccccc1)c1ccccn1. The second kappa shape index (κ2) is 9.19. The number of para-hydroxylation sites is 1. The van der Waals surface area contributed by atoms with Gasteiger partial charge in [0.1, 0.15) is 0 Å². The minimum atomic E-state index is -0.219. The zero-order valence-electron chi connectivity index (χ0n) is 15.4. The first kappa shape index (κ1) is 19.6. The molecule has 0 radical (unpaired) electrons. The number of nitrogens with zero attached hydrogens (tertiary/aromatic N) is 1. The van der Waals surface area contributed by atoms with Gasteiger partial charge in [-0.05, 0) is 0 Å². The van der Waals surface area contributed by atoms with Crippen LogP contribution in [0, 0.1) is 0 Å². The number of carbonyl (C=O) groups excluding carboxylic acids is 1. The number of nitrogens with one attached hydrogen (secondary N) is 1. The molecule has 4 aromatic rings. The van der Waals surface area contributed by atoms with Gasteiger partial charge in [-0.2, -0.15) is 0 Å². The molecule has 142 valence electrons. The maximum atomic E-state index is 12.7. The predicted molar refractivity (Wildman–Crippen MR) is 123 cm³/mol. The third-order valence-electron chi connectivity index (χ3n) is 4.28. The molecule has 0 bridgehead atoms. The van der Waals surface area contributed by atoms with E-state index in [0.29, 0.717) is 5.69 Å². The van der Waals surface area contributed by atoms with Crippen molar-refractivity contribution >= 4 is 51.4 Å². The summed E-state index contributed by atoms with van der Waals surface area (Å²) in [6.45, 7) is 0. The van der Waals surface area contributed by atoms with E-state index in [1.54, 1.807) is 18.3 Å². The molecule has 0 unspecified atom stereocenters. The molecule has 0 aliphatic carbocycles. The van der Waals surface area contributed by atoms with Gasteiger partial charge in [-0.25, -0.2) is 0 Å². The predicted octanol–water partition coefficient (Wildman–Crippen LogP) is 4.42. The van der Waals surface area contributed by atoms with E-state index in [1.807, 2.05) is 36.4 Å². The molecule has 3 aromatic carbocycles. The number of amides is 1. The van der Waals surface area contributed by atoms with Gasteiger partial charge in [0, 0.05) is 0 Å². The Balaban J connectivity index is 1.72. The van der Waals surface area contributed by atoms with Crippen molar-refractivity contribution < 1.29 is 4.79 Å². The van der Waals surface area contributed by atoms with Crippen molar-refractivity contribution in [1.29, 1.82) is 0 Å². The molecule has 0 spiro atoms. The number of rotatable bonds is 5. The van der Waals surface area contributed by atoms with Crippen LogP contribution in [-0.2, 0) is 0 Å². The first-order chi connectivity index (χ1) is 14.2. The van der Waals surface area contributed by atoms with Gasteiger partial charge in [0.05, 0.1) is 0 Å². The van der Waals surface area contributed by atoms with Gasteiger partial charge in [-0.1, -0.05) is 0 Å². The van der Waals surface area contributed by atoms with E-state index in [-0.39, 0.29) is 20.9 Å². The van der Waals surface area contributed by atoms with Gasteiger partial charge in [-0.3, -0.25) is 0 Å². The summed E-state index contributed by atoms with van der Waals surface area (Å²) >= 11 is 3.75. The van der Waals surface area contributed by atoms with Crippen molar-refractivity contribution in [3.8, 4) is 11.1 Å². The third kappa shape index (κ3) is 4.83. The molecule has 0 saturated heterocycles. The Morgan fingerprint density at radius 3 is 2.38 bits per heavy atom. The number of hydrogen-bond donors (Lipinski definition) is 1. The molecule has 0 fully saturated rings. The van der Waals surface area contributed by atoms with Crippen LogP contribution in [0.2, 0.25) is 0 Å². The topological polar surface area (TPSA) is 42.0 Å². The summed E-state index contributed by atoms with van der Waals surface area (Å²) < 4.78 is 3.57. The molecular weight excluding hydrogens is 491 g/mol. The molecule has 1 heterocycles. The molecule has 0 aliphatic rings. The standard InChI is InChI=1S/C24H17BrN2OSe/c25-17-13-14-23(29-18-8-2-1-3-9-18)20(16-17)19-10-4-5-11-21(19)27-24(28)22-12-6-7-15-26-22/h1-16H,(H,27,28). The van der Waals surface area contributed by atoms with Crippen LogP contribution in [-0.4, -0.2) is 25.8 Å². The number of hydrogen-bond acceptors (Lipinski definition) is 2. The van der Waals surface area contributed by atoms with Crippen molar-refractivity contribution in [1.82, 2.24) is 4.98 Å². The molecule has 1 amide bonds. The average Bonchev–Trinajstić information content (AvgIpc) is 2.77. The van der Waals surface area contributed by atoms with Gasteiger partial charge in [0.25, 0.3) is 0 Å². The maximum absolute atomic E-state index is 12.7. The van der Waals surface area contributed by atoms with Crippen LogP contribution in [0.4, 0.5) is 5.69 Å². The zero-order valence-corrected chi connectivity index (χ0v) is 18.7. The van der Waals surface area contributed by atoms with E-state index in [0.717, 1.165) is 21.3 Å². The van der Waals surface area contributed by atoms with Gasteiger partial charge in [0.15, 0.2) is 0 Å². The second-order valence-corrected chi connectivity index (χ2v) is 9.53. The van der Waals surface area contributed by atoms with Gasteiger partial charge in [-0.15, -0.1) is 0 Å². The van der Waals surface area contributed by atoms with Crippen molar-refractivity contribution in [2.45, 2.75) is 0 Å². The first-order valence-electron chi connectivity index (χ1n) is 9.05. The van der Waals surface area contributed by atoms with E-state index >= 15 is 0 Å². The van der Waals surface area contributed by atoms with Crippen molar-refractivity contribution in [3.05, 3.63) is 107 Å². The average molecular weight is 508 g/mol. The summed E-state index contributed by atoms with van der Waals surface area (Å²) in [4.78, 5) is 16.8. The Morgan fingerprint density at radius 2 is 1.59 bits per heavy atom. The summed E-state index contributed by atoms with van der Waals surface area (Å²) in [5.41, 5.74) is 3.27. The number of aromatic nitrogens is 1. The summed E-state index contributed by atoms with van der Waals surface area (Å²) in [5, 5.41) is 3.03. The quantitative estimate of drug-likeness (QED) is 0.406. The minimum absolute atomic E-state index is 0.148. The normalized spacial score (nSPS) is 10.5. The van der Waals surface area contributed by atoms with Crippen molar-refractivity contribution in [3.63, 3.8) is 0 Å². The van der Waals surface area contributed by atoms with Crippen molar-refractivity contribution in [2.75, 3.05) is 5.32 Å². The van der Waals surface area contributed by atoms with Gasteiger partial charge >= 0.3 is 185 Å². The monoisotopic (exact) mass is 508 g/mol. The van der Waals surface area contributed by atoms with E-state index in [2.05, 4.69) is 68.7 Å². The van der Waals surface area contributed by atoms with Crippen LogP contribution in [0.25, 0.3) is 11.1 Å². The van der Waals surface area contributed by atoms with Crippen LogP contribution in [0.5, 0.6) is 0 Å². The fraction of sp³-hybridized carbons (Fsp3) is 0. The second-order valence-electron chi connectivity index (χ2n) is 6.27. The summed E-state index contributed by atoms with van der Waals surface area (Å²) in [7, 11) is 0. The van der Waals surface area contributed by atoms with E-state index in [1.165, 1.54) is 8.92 Å². The fourth-order valence-corrected chi connectivity index (χ4v) is 5.31. The van der Waals surface area contributed by atoms with Gasteiger partial charge in [0.2, 0.25) is 0 Å². The summed E-state index contributed by atoms with van der Waals surface area (Å²) in [5.74, 6) is -0.219. The number of benzene rings is 3. The number of halogens is 1. The number of pyridine rings is 1. The van der Waals surface area contributed by atoms with E-state index in [4.69, 9.17) is 0 Å². The van der Waals surface area contributed by atoms with Crippen LogP contribution in [0.1, 0.15) is 10.5 Å². The Hall–Kier alpha value is -2.72. The molecule has 0 saturated carbocycles. The Labute approximate surface area is 184 Å². The first-order valence-corrected chi connectivity index (χ1v) is 11.6. The number of anilines is 1. The molecule has 1 N–H and O–H groups in total. The molecule has 5 heteroatoms. The van der Waals surface area contributed by atoms with Crippen LogP contribution < -0.4 is 14.2 Å². The molecular formula is C24H17BrN2OSe. The third-order valence-corrected chi connectivity index (χ3v) is 7.04. The van der Waals surface area contributed by atoms with Crippen LogP contribution in [0.3, 0.4) is 0 Å². The van der Waals surface area contributed by atoms with E-state index in [9.17, 15) is 4.79 Å². The fourth-order valence-electron chi connectivity index (χ4n) is 2.93. The zero-order chi connectivity index (χ0) is 20.1. The molecule has 0 aliphatic heterocycles. The number of carbonyl (C=O) groups is 1. The Bertz CT molecular complexity index is 1130. The summed E-state index contributed by atoms with van der Waals surface area (Å²) in [6.07, 6.45) is 1.62. The summed E-state index contributed by atoms with van der Waals surface area (Å²) in [6, 6.07) is 30.0. The Morgan fingerprint density at radius 1 is 0.828 bits per heavy atom. The van der Waals surface area contributed by atoms with E-state index < -0.39 is 0 Å². The van der Waals surface area contributed by atoms with Crippen molar-refractivity contribution in [2.24, 2.45) is 0 Å². The molecule has 4 rings (SSSR count). The van der Waals surface area contributed by atoms with Crippen LogP contribution in [0.15, 0.2) is 102 Å². The molecule has 0 atom stereocenters.